The van der Waals surface area contributed by atoms with Crippen LogP contribution in [0.2, 0.25) is 0 Å². The molecule has 0 aromatic heterocycles. The average molecular weight is 296 g/mol. The zero-order valence-electron chi connectivity index (χ0n) is 15.2. The van der Waals surface area contributed by atoms with Gasteiger partial charge in [-0.05, 0) is 55.4 Å². The van der Waals surface area contributed by atoms with Gasteiger partial charge in [-0.1, -0.05) is 48.0 Å². The highest BCUT2D eigenvalue weighted by atomic mass is 16.5. The van der Waals surface area contributed by atoms with Crippen LogP contribution in [0.3, 0.4) is 0 Å². The second-order valence-corrected chi connectivity index (χ2v) is 8.13. The minimum atomic E-state index is 0.377. The summed E-state index contributed by atoms with van der Waals surface area (Å²) in [4.78, 5) is 0. The van der Waals surface area contributed by atoms with Crippen molar-refractivity contribution in [1.82, 2.24) is 5.32 Å². The first-order chi connectivity index (χ1) is 9.90. The van der Waals surface area contributed by atoms with Gasteiger partial charge in [-0.15, -0.1) is 0 Å². The standard InChI is InChI=1S/C19H37NO/c1-7-10-15(20-9-3)16(8-2)21-17-13-14-11-12-19(17,6)18(14,4)5/h14-17,20H,7-13H2,1-6H3. The van der Waals surface area contributed by atoms with E-state index in [4.69, 9.17) is 4.74 Å². The fraction of sp³-hybridized carbons (Fsp3) is 1.00. The van der Waals surface area contributed by atoms with Crippen LogP contribution in [-0.4, -0.2) is 24.8 Å². The highest BCUT2D eigenvalue weighted by molar-refractivity contribution is 5.11. The number of nitrogens with one attached hydrogen (secondary N) is 1. The van der Waals surface area contributed by atoms with Gasteiger partial charge < -0.3 is 10.1 Å². The summed E-state index contributed by atoms with van der Waals surface area (Å²) >= 11 is 0. The van der Waals surface area contributed by atoms with E-state index in [1.807, 2.05) is 0 Å². The molecule has 5 unspecified atom stereocenters. The van der Waals surface area contributed by atoms with Crippen LogP contribution >= 0.6 is 0 Å². The van der Waals surface area contributed by atoms with Gasteiger partial charge in [-0.25, -0.2) is 0 Å². The molecule has 0 aliphatic heterocycles. The highest BCUT2D eigenvalue weighted by Gasteiger charge is 2.62. The van der Waals surface area contributed by atoms with Crippen molar-refractivity contribution in [3.63, 3.8) is 0 Å². The minimum Gasteiger partial charge on any atom is -0.373 e. The third-order valence-corrected chi connectivity index (χ3v) is 6.97. The Hall–Kier alpha value is -0.0800. The number of fused-ring (bicyclic) bond motifs is 2. The van der Waals surface area contributed by atoms with Gasteiger partial charge in [0.15, 0.2) is 0 Å². The molecule has 0 saturated heterocycles. The van der Waals surface area contributed by atoms with E-state index >= 15 is 0 Å². The van der Waals surface area contributed by atoms with Gasteiger partial charge >= 0.3 is 0 Å². The number of hydrogen-bond acceptors (Lipinski definition) is 2. The molecular formula is C19H37NO. The van der Waals surface area contributed by atoms with E-state index in [9.17, 15) is 0 Å². The second kappa shape index (κ2) is 6.58. The second-order valence-electron chi connectivity index (χ2n) is 8.13. The van der Waals surface area contributed by atoms with Crippen LogP contribution < -0.4 is 5.32 Å². The molecule has 0 aromatic carbocycles. The summed E-state index contributed by atoms with van der Waals surface area (Å²) in [6.07, 6.45) is 8.46. The Labute approximate surface area is 132 Å². The summed E-state index contributed by atoms with van der Waals surface area (Å²) in [5.41, 5.74) is 0.836. The summed E-state index contributed by atoms with van der Waals surface area (Å²) in [5.74, 6) is 0.869. The van der Waals surface area contributed by atoms with Gasteiger partial charge in [0, 0.05) is 6.04 Å². The lowest BCUT2D eigenvalue weighted by molar-refractivity contribution is -0.0990. The van der Waals surface area contributed by atoms with Gasteiger partial charge in [-0.2, -0.15) is 0 Å². The third-order valence-electron chi connectivity index (χ3n) is 6.97. The predicted octanol–water partition coefficient (Wildman–Crippen LogP) is 4.77. The van der Waals surface area contributed by atoms with Crippen LogP contribution in [0.5, 0.6) is 0 Å². The predicted molar refractivity (Wildman–Crippen MR) is 90.6 cm³/mol. The molecule has 0 aromatic rings. The van der Waals surface area contributed by atoms with Gasteiger partial charge in [0.2, 0.25) is 0 Å². The largest absolute Gasteiger partial charge is 0.373 e. The van der Waals surface area contributed by atoms with Crippen LogP contribution in [0.4, 0.5) is 0 Å². The normalized spacial score (nSPS) is 36.9. The van der Waals surface area contributed by atoms with Crippen molar-refractivity contribution in [2.24, 2.45) is 16.7 Å². The summed E-state index contributed by atoms with van der Waals surface area (Å²) in [5, 5.41) is 3.66. The molecule has 0 spiro atoms. The topological polar surface area (TPSA) is 21.3 Å². The average Bonchev–Trinajstić information content (AvgIpc) is 2.77. The van der Waals surface area contributed by atoms with Crippen molar-refractivity contribution < 1.29 is 4.74 Å². The highest BCUT2D eigenvalue weighted by Crippen LogP contribution is 2.66. The lowest BCUT2D eigenvalue weighted by Crippen LogP contribution is -2.46. The van der Waals surface area contributed by atoms with E-state index in [0.717, 1.165) is 18.9 Å². The maximum atomic E-state index is 6.74. The monoisotopic (exact) mass is 295 g/mol. The van der Waals surface area contributed by atoms with Crippen molar-refractivity contribution >= 4 is 0 Å². The van der Waals surface area contributed by atoms with Crippen LogP contribution in [0.1, 0.15) is 80.1 Å². The molecule has 124 valence electrons. The Morgan fingerprint density at radius 2 is 1.90 bits per heavy atom. The summed E-state index contributed by atoms with van der Waals surface area (Å²) in [6.45, 7) is 15.2. The first-order valence-corrected chi connectivity index (χ1v) is 9.29. The maximum absolute atomic E-state index is 6.74. The molecule has 5 atom stereocenters. The molecule has 2 aliphatic rings. The summed E-state index contributed by atoms with van der Waals surface area (Å²) in [7, 11) is 0. The van der Waals surface area contributed by atoms with Crippen molar-refractivity contribution in [1.29, 1.82) is 0 Å². The smallest absolute Gasteiger partial charge is 0.0729 e. The quantitative estimate of drug-likeness (QED) is 0.696. The number of rotatable bonds is 8. The Morgan fingerprint density at radius 1 is 1.19 bits per heavy atom. The molecule has 21 heavy (non-hydrogen) atoms. The first kappa shape index (κ1) is 17.3. The fourth-order valence-corrected chi connectivity index (χ4v) is 5.02. The van der Waals surface area contributed by atoms with E-state index in [0.29, 0.717) is 29.1 Å². The molecule has 2 saturated carbocycles. The maximum Gasteiger partial charge on any atom is 0.0729 e. The number of likely N-dealkylation sites (N-methyl/N-ethyl adjacent to an activating group) is 1. The van der Waals surface area contributed by atoms with E-state index in [1.54, 1.807) is 0 Å². The zero-order chi connectivity index (χ0) is 15.7. The Morgan fingerprint density at radius 3 is 2.33 bits per heavy atom. The molecule has 2 nitrogen and oxygen atoms in total. The summed E-state index contributed by atoms with van der Waals surface area (Å²) < 4.78 is 6.74. The molecule has 2 heteroatoms. The SMILES string of the molecule is CCCC(NCC)C(CC)OC1CC2CCC1(C)C2(C)C. The lowest BCUT2D eigenvalue weighted by atomic mass is 9.70. The Balaban J connectivity index is 2.06. The third kappa shape index (κ3) is 2.91. The molecule has 2 fully saturated rings. The lowest BCUT2D eigenvalue weighted by Gasteiger charge is -2.41. The molecule has 0 radical (unpaired) electrons. The van der Waals surface area contributed by atoms with Crippen molar-refractivity contribution in [2.75, 3.05) is 6.54 Å². The van der Waals surface area contributed by atoms with Gasteiger partial charge in [0.05, 0.1) is 12.2 Å². The van der Waals surface area contributed by atoms with E-state index in [1.165, 1.54) is 32.1 Å². The van der Waals surface area contributed by atoms with Crippen LogP contribution in [0, 0.1) is 16.7 Å². The van der Waals surface area contributed by atoms with Gasteiger partial charge in [0.1, 0.15) is 0 Å². The molecule has 0 heterocycles. The van der Waals surface area contributed by atoms with Crippen molar-refractivity contribution in [3.8, 4) is 0 Å². The molecule has 1 N–H and O–H groups in total. The molecule has 2 aliphatic carbocycles. The fourth-order valence-electron chi connectivity index (χ4n) is 5.02. The van der Waals surface area contributed by atoms with E-state index in [-0.39, 0.29) is 0 Å². The Bertz CT molecular complexity index is 334. The Kier molecular flexibility index (Phi) is 5.41. The number of ether oxygens (including phenoxy) is 1. The van der Waals surface area contributed by atoms with Gasteiger partial charge in [-0.3, -0.25) is 0 Å². The molecule has 2 bridgehead atoms. The van der Waals surface area contributed by atoms with Crippen molar-refractivity contribution in [2.45, 2.75) is 98.3 Å². The molecular weight excluding hydrogens is 258 g/mol. The van der Waals surface area contributed by atoms with E-state index < -0.39 is 0 Å². The minimum absolute atomic E-state index is 0.377. The molecule has 2 rings (SSSR count). The van der Waals surface area contributed by atoms with Crippen molar-refractivity contribution in [3.05, 3.63) is 0 Å². The first-order valence-electron chi connectivity index (χ1n) is 9.29. The van der Waals surface area contributed by atoms with Gasteiger partial charge in [0.25, 0.3) is 0 Å². The van der Waals surface area contributed by atoms with Crippen LogP contribution in [0.15, 0.2) is 0 Å². The van der Waals surface area contributed by atoms with E-state index in [2.05, 4.69) is 46.9 Å². The van der Waals surface area contributed by atoms with Crippen LogP contribution in [-0.2, 0) is 4.74 Å². The number of hydrogen-bond donors (Lipinski definition) is 1. The van der Waals surface area contributed by atoms with Crippen LogP contribution in [0.25, 0.3) is 0 Å². The summed E-state index contributed by atoms with van der Waals surface area (Å²) in [6, 6.07) is 0.524. The zero-order valence-corrected chi connectivity index (χ0v) is 15.2. The molecule has 0 amide bonds.